The van der Waals surface area contributed by atoms with Crippen LogP contribution < -0.4 is 10.1 Å². The van der Waals surface area contributed by atoms with Gasteiger partial charge in [-0.15, -0.1) is 0 Å². The summed E-state index contributed by atoms with van der Waals surface area (Å²) in [5.74, 6) is 0.764. The van der Waals surface area contributed by atoms with Crippen LogP contribution in [0.3, 0.4) is 0 Å². The number of aromatic amines is 1. The molecule has 0 saturated heterocycles. The molecule has 3 aromatic heterocycles. The number of carbonyl (C=O) groups excluding carboxylic acids is 1. The summed E-state index contributed by atoms with van der Waals surface area (Å²) >= 11 is 0. The standard InChI is InChI=1S/C24H31N5O3Si/c1-16(2)27-24(30)19-14-29(15-31-10-11-33(3,4)5)23-22(19)28-21(13-26-23)32-18-7-6-17-8-9-25-20(17)12-18/h6-9,12-14,16,25H,10-11,15H2,1-5H3,(H,27,30). The minimum Gasteiger partial charge on any atom is -0.437 e. The van der Waals surface area contributed by atoms with Gasteiger partial charge in [0.2, 0.25) is 5.88 Å². The fraction of sp³-hybridized carbons (Fsp3) is 0.375. The van der Waals surface area contributed by atoms with Crippen LogP contribution in [0.1, 0.15) is 24.2 Å². The van der Waals surface area contributed by atoms with E-state index in [1.807, 2.05) is 48.9 Å². The molecule has 9 heteroatoms. The van der Waals surface area contributed by atoms with Crippen LogP contribution in [0.2, 0.25) is 25.7 Å². The van der Waals surface area contributed by atoms with Gasteiger partial charge in [0.15, 0.2) is 5.65 Å². The van der Waals surface area contributed by atoms with E-state index in [0.29, 0.717) is 41.7 Å². The molecule has 1 aromatic carbocycles. The van der Waals surface area contributed by atoms with Gasteiger partial charge in [-0.3, -0.25) is 4.79 Å². The average Bonchev–Trinajstić information content (AvgIpc) is 3.34. The second kappa shape index (κ2) is 9.36. The molecule has 0 bridgehead atoms. The van der Waals surface area contributed by atoms with Gasteiger partial charge in [-0.05, 0) is 43.5 Å². The molecule has 174 valence electrons. The van der Waals surface area contributed by atoms with Gasteiger partial charge < -0.3 is 24.3 Å². The molecular formula is C24H31N5O3Si. The number of aromatic nitrogens is 4. The SMILES string of the molecule is CC(C)NC(=O)c1cn(COCC[Si](C)(C)C)c2ncc(Oc3ccc4cc[nH]c4c3)nc12. The van der Waals surface area contributed by atoms with Crippen LogP contribution in [0.5, 0.6) is 11.6 Å². The normalized spacial score (nSPS) is 12.1. The van der Waals surface area contributed by atoms with Crippen LogP contribution in [-0.4, -0.2) is 46.1 Å². The van der Waals surface area contributed by atoms with Crippen molar-refractivity contribution in [3.8, 4) is 11.6 Å². The zero-order valence-corrected chi connectivity index (χ0v) is 20.8. The van der Waals surface area contributed by atoms with E-state index in [0.717, 1.165) is 16.9 Å². The molecule has 4 rings (SSSR count). The molecule has 2 N–H and O–H groups in total. The van der Waals surface area contributed by atoms with Crippen LogP contribution in [0, 0.1) is 0 Å². The average molecular weight is 466 g/mol. The molecule has 0 aliphatic carbocycles. The zero-order chi connectivity index (χ0) is 23.6. The van der Waals surface area contributed by atoms with E-state index in [9.17, 15) is 4.79 Å². The lowest BCUT2D eigenvalue weighted by Gasteiger charge is -2.15. The fourth-order valence-corrected chi connectivity index (χ4v) is 4.20. The summed E-state index contributed by atoms with van der Waals surface area (Å²) in [7, 11) is -1.18. The van der Waals surface area contributed by atoms with Crippen molar-refractivity contribution >= 4 is 36.0 Å². The molecule has 0 atom stereocenters. The quantitative estimate of drug-likeness (QED) is 0.263. The predicted molar refractivity (Wildman–Crippen MR) is 133 cm³/mol. The third kappa shape index (κ3) is 5.61. The maximum absolute atomic E-state index is 12.9. The van der Waals surface area contributed by atoms with Gasteiger partial charge >= 0.3 is 0 Å². The molecule has 0 aliphatic rings. The summed E-state index contributed by atoms with van der Waals surface area (Å²) in [4.78, 5) is 25.2. The summed E-state index contributed by atoms with van der Waals surface area (Å²) in [6, 6.07) is 8.84. The molecular weight excluding hydrogens is 434 g/mol. The Morgan fingerprint density at radius 2 is 2.06 bits per heavy atom. The number of rotatable bonds is 9. The molecule has 0 spiro atoms. The van der Waals surface area contributed by atoms with Crippen LogP contribution in [0.25, 0.3) is 22.1 Å². The summed E-state index contributed by atoms with van der Waals surface area (Å²) in [5.41, 5.74) is 2.50. The second-order valence-corrected chi connectivity index (χ2v) is 15.3. The van der Waals surface area contributed by atoms with Gasteiger partial charge in [0.25, 0.3) is 5.91 Å². The van der Waals surface area contributed by atoms with Crippen molar-refractivity contribution in [2.45, 2.75) is 52.3 Å². The van der Waals surface area contributed by atoms with E-state index in [1.165, 1.54) is 0 Å². The molecule has 0 saturated carbocycles. The number of benzene rings is 1. The number of nitrogens with zero attached hydrogens (tertiary/aromatic N) is 3. The minimum absolute atomic E-state index is 0.00353. The molecule has 0 fully saturated rings. The van der Waals surface area contributed by atoms with Crippen LogP contribution in [0.4, 0.5) is 0 Å². The van der Waals surface area contributed by atoms with Gasteiger partial charge in [0.05, 0.1) is 11.8 Å². The number of hydrogen-bond acceptors (Lipinski definition) is 5. The maximum atomic E-state index is 12.9. The van der Waals surface area contributed by atoms with E-state index in [2.05, 4.69) is 39.9 Å². The number of amides is 1. The van der Waals surface area contributed by atoms with Gasteiger partial charge in [-0.2, -0.15) is 0 Å². The molecule has 4 aromatic rings. The Labute approximate surface area is 194 Å². The lowest BCUT2D eigenvalue weighted by atomic mass is 10.2. The summed E-state index contributed by atoms with van der Waals surface area (Å²) < 4.78 is 13.7. The van der Waals surface area contributed by atoms with Crippen LogP contribution in [0.15, 0.2) is 42.9 Å². The van der Waals surface area contributed by atoms with Gasteiger partial charge in [0, 0.05) is 44.7 Å². The highest BCUT2D eigenvalue weighted by Gasteiger charge is 2.20. The van der Waals surface area contributed by atoms with Crippen molar-refractivity contribution in [1.82, 2.24) is 24.8 Å². The number of fused-ring (bicyclic) bond motifs is 2. The third-order valence-electron chi connectivity index (χ3n) is 5.18. The second-order valence-electron chi connectivity index (χ2n) is 9.70. The van der Waals surface area contributed by atoms with Crippen LogP contribution >= 0.6 is 0 Å². The Bertz CT molecular complexity index is 1270. The topological polar surface area (TPSA) is 94.1 Å². The molecule has 0 unspecified atom stereocenters. The van der Waals surface area contributed by atoms with Gasteiger partial charge in [-0.1, -0.05) is 19.6 Å². The molecule has 3 heterocycles. The first-order chi connectivity index (χ1) is 15.7. The van der Waals surface area contributed by atoms with E-state index >= 15 is 0 Å². The molecule has 33 heavy (non-hydrogen) atoms. The first-order valence-corrected chi connectivity index (χ1v) is 14.9. The Balaban J connectivity index is 1.61. The Kier molecular flexibility index (Phi) is 6.53. The summed E-state index contributed by atoms with van der Waals surface area (Å²) in [5, 5.41) is 4.04. The fourth-order valence-electron chi connectivity index (χ4n) is 3.44. The van der Waals surface area contributed by atoms with Crippen LogP contribution in [-0.2, 0) is 11.5 Å². The Morgan fingerprint density at radius 3 is 2.82 bits per heavy atom. The highest BCUT2D eigenvalue weighted by molar-refractivity contribution is 6.76. The van der Waals surface area contributed by atoms with Crippen molar-refractivity contribution in [3.05, 3.63) is 48.4 Å². The number of ether oxygens (including phenoxy) is 2. The number of nitrogens with one attached hydrogen (secondary N) is 2. The number of H-pyrrole nitrogens is 1. The first-order valence-electron chi connectivity index (χ1n) is 11.2. The lowest BCUT2D eigenvalue weighted by Crippen LogP contribution is -2.30. The predicted octanol–water partition coefficient (Wildman–Crippen LogP) is 5.16. The summed E-state index contributed by atoms with van der Waals surface area (Å²) in [6.07, 6.45) is 5.21. The van der Waals surface area contributed by atoms with Crippen molar-refractivity contribution in [1.29, 1.82) is 0 Å². The largest absolute Gasteiger partial charge is 0.437 e. The summed E-state index contributed by atoms with van der Waals surface area (Å²) in [6.45, 7) is 11.8. The molecule has 8 nitrogen and oxygen atoms in total. The maximum Gasteiger partial charge on any atom is 0.255 e. The van der Waals surface area contributed by atoms with E-state index < -0.39 is 8.07 Å². The van der Waals surface area contributed by atoms with E-state index in [1.54, 1.807) is 12.4 Å². The lowest BCUT2D eigenvalue weighted by molar-refractivity contribution is 0.0890. The molecule has 0 aliphatic heterocycles. The third-order valence-corrected chi connectivity index (χ3v) is 6.89. The van der Waals surface area contributed by atoms with Crippen molar-refractivity contribution in [2.75, 3.05) is 6.61 Å². The Morgan fingerprint density at radius 1 is 1.24 bits per heavy atom. The highest BCUT2D eigenvalue weighted by Crippen LogP contribution is 2.26. The van der Waals surface area contributed by atoms with E-state index in [-0.39, 0.29) is 11.9 Å². The number of carbonyl (C=O) groups is 1. The van der Waals surface area contributed by atoms with Gasteiger partial charge in [0.1, 0.15) is 18.0 Å². The monoisotopic (exact) mass is 465 g/mol. The number of hydrogen-bond donors (Lipinski definition) is 2. The minimum atomic E-state index is -1.18. The van der Waals surface area contributed by atoms with E-state index in [4.69, 9.17) is 9.47 Å². The molecule has 1 amide bonds. The van der Waals surface area contributed by atoms with Crippen molar-refractivity contribution in [3.63, 3.8) is 0 Å². The van der Waals surface area contributed by atoms with Crippen molar-refractivity contribution in [2.24, 2.45) is 0 Å². The molecule has 0 radical (unpaired) electrons. The smallest absolute Gasteiger partial charge is 0.255 e. The highest BCUT2D eigenvalue weighted by atomic mass is 28.3. The Hall–Kier alpha value is -3.17. The first kappa shape index (κ1) is 23.0. The zero-order valence-electron chi connectivity index (χ0n) is 19.8. The van der Waals surface area contributed by atoms with Gasteiger partial charge in [-0.25, -0.2) is 9.97 Å². The van der Waals surface area contributed by atoms with Crippen molar-refractivity contribution < 1.29 is 14.3 Å².